The van der Waals surface area contributed by atoms with E-state index in [-0.39, 0.29) is 12.4 Å². The zero-order valence-corrected chi connectivity index (χ0v) is 13.5. The van der Waals surface area contributed by atoms with Crippen molar-refractivity contribution in [1.29, 1.82) is 0 Å². The van der Waals surface area contributed by atoms with E-state index in [1.807, 2.05) is 12.1 Å². The molecule has 2 heterocycles. The molecule has 0 amide bonds. The van der Waals surface area contributed by atoms with E-state index < -0.39 is 6.55 Å². The van der Waals surface area contributed by atoms with Gasteiger partial charge in [-0.3, -0.25) is 9.47 Å². The van der Waals surface area contributed by atoms with Gasteiger partial charge in [-0.1, -0.05) is 23.7 Å². The lowest BCUT2D eigenvalue weighted by molar-refractivity contribution is 0.0642. The van der Waals surface area contributed by atoms with Crippen LogP contribution in [0.3, 0.4) is 0 Å². The Kier molecular flexibility index (Phi) is 4.86. The van der Waals surface area contributed by atoms with E-state index in [0.717, 1.165) is 4.57 Å². The van der Waals surface area contributed by atoms with Gasteiger partial charge in [0.2, 0.25) is 11.8 Å². The third-order valence-electron chi connectivity index (χ3n) is 3.35. The average molecular weight is 354 g/mol. The van der Waals surface area contributed by atoms with Crippen LogP contribution in [0, 0.1) is 0 Å². The molecule has 0 aliphatic heterocycles. The van der Waals surface area contributed by atoms with E-state index in [4.69, 9.17) is 16.0 Å². The first-order valence-electron chi connectivity index (χ1n) is 7.10. The molecule has 0 saturated carbocycles. The highest BCUT2D eigenvalue weighted by Gasteiger charge is 2.16. The molecule has 3 rings (SSSR count). The van der Waals surface area contributed by atoms with Crippen LogP contribution in [0.5, 0.6) is 0 Å². The van der Waals surface area contributed by atoms with E-state index in [2.05, 4.69) is 15.2 Å². The van der Waals surface area contributed by atoms with Crippen molar-refractivity contribution in [3.63, 3.8) is 0 Å². The molecule has 1 aromatic carbocycles. The Hall–Kier alpha value is -2.32. The van der Waals surface area contributed by atoms with E-state index >= 15 is 0 Å². The van der Waals surface area contributed by atoms with Crippen molar-refractivity contribution >= 4 is 11.6 Å². The van der Waals surface area contributed by atoms with Gasteiger partial charge >= 0.3 is 6.55 Å². The molecule has 0 atom stereocenters. The van der Waals surface area contributed by atoms with Gasteiger partial charge in [-0.25, -0.2) is 4.98 Å². The molecule has 0 N–H and O–H groups in total. The number of benzene rings is 1. The maximum atomic E-state index is 12.8. The average Bonchev–Trinajstić information content (AvgIpc) is 3.17. The zero-order valence-electron chi connectivity index (χ0n) is 12.7. The van der Waals surface area contributed by atoms with Gasteiger partial charge in [-0.2, -0.15) is 8.78 Å². The molecular formula is C15H14ClF2N5O. The molecule has 24 heavy (non-hydrogen) atoms. The third kappa shape index (κ3) is 3.60. The predicted octanol–water partition coefficient (Wildman–Crippen LogP) is 3.61. The number of rotatable bonds is 6. The van der Waals surface area contributed by atoms with Crippen LogP contribution in [0.15, 0.2) is 41.1 Å². The summed E-state index contributed by atoms with van der Waals surface area (Å²) in [6, 6.07) is 7.14. The van der Waals surface area contributed by atoms with Crippen LogP contribution in [0.2, 0.25) is 5.02 Å². The smallest absolute Gasteiger partial charge is 0.319 e. The highest BCUT2D eigenvalue weighted by atomic mass is 35.5. The van der Waals surface area contributed by atoms with Crippen LogP contribution in [0.1, 0.15) is 18.3 Å². The summed E-state index contributed by atoms with van der Waals surface area (Å²) >= 11 is 6.10. The highest BCUT2D eigenvalue weighted by Crippen LogP contribution is 2.26. The van der Waals surface area contributed by atoms with Gasteiger partial charge in [0.1, 0.15) is 5.82 Å². The van der Waals surface area contributed by atoms with Crippen molar-refractivity contribution in [2.24, 2.45) is 0 Å². The van der Waals surface area contributed by atoms with E-state index in [0.29, 0.717) is 28.9 Å². The number of nitrogens with zero attached hydrogens (tertiary/aromatic N) is 5. The third-order valence-corrected chi connectivity index (χ3v) is 3.68. The summed E-state index contributed by atoms with van der Waals surface area (Å²) in [5.74, 6) is 0.944. The molecule has 2 aromatic heterocycles. The molecule has 9 heteroatoms. The van der Waals surface area contributed by atoms with Crippen molar-refractivity contribution in [3.05, 3.63) is 53.4 Å². The van der Waals surface area contributed by atoms with E-state index in [1.165, 1.54) is 12.4 Å². The van der Waals surface area contributed by atoms with E-state index in [9.17, 15) is 8.78 Å². The SMILES string of the molecule is CN(Cc1nnc(-c2ccccc2Cl)o1)Cc1nccn1C(F)F. The van der Waals surface area contributed by atoms with Gasteiger partial charge in [0.25, 0.3) is 0 Å². The highest BCUT2D eigenvalue weighted by molar-refractivity contribution is 6.33. The van der Waals surface area contributed by atoms with Crippen LogP contribution in [-0.4, -0.2) is 31.7 Å². The van der Waals surface area contributed by atoms with Crippen molar-refractivity contribution in [2.75, 3.05) is 7.05 Å². The first kappa shape index (κ1) is 16.5. The molecule has 0 radical (unpaired) electrons. The Bertz CT molecular complexity index is 820. The zero-order chi connectivity index (χ0) is 17.1. The first-order valence-corrected chi connectivity index (χ1v) is 7.48. The number of imidazole rings is 1. The number of hydrogen-bond acceptors (Lipinski definition) is 5. The van der Waals surface area contributed by atoms with Gasteiger partial charge in [0, 0.05) is 12.4 Å². The largest absolute Gasteiger partial charge is 0.419 e. The molecule has 0 saturated heterocycles. The second-order valence-electron chi connectivity index (χ2n) is 5.18. The van der Waals surface area contributed by atoms with Crippen LogP contribution in [-0.2, 0) is 13.1 Å². The molecule has 0 aliphatic rings. The Labute approximate surface area is 141 Å². The number of halogens is 3. The normalized spacial score (nSPS) is 11.6. The fraction of sp³-hybridized carbons (Fsp3) is 0.267. The minimum absolute atomic E-state index is 0.223. The minimum Gasteiger partial charge on any atom is -0.419 e. The van der Waals surface area contributed by atoms with Gasteiger partial charge < -0.3 is 4.42 Å². The summed E-state index contributed by atoms with van der Waals surface area (Å²) in [7, 11) is 1.75. The summed E-state index contributed by atoms with van der Waals surface area (Å²) < 4.78 is 32.0. The summed E-state index contributed by atoms with van der Waals surface area (Å²) in [4.78, 5) is 5.70. The van der Waals surface area contributed by atoms with Crippen LogP contribution >= 0.6 is 11.6 Å². The molecule has 0 spiro atoms. The van der Waals surface area contributed by atoms with Crippen LogP contribution < -0.4 is 0 Å². The molecule has 3 aromatic rings. The lowest BCUT2D eigenvalue weighted by Crippen LogP contribution is -2.20. The fourth-order valence-corrected chi connectivity index (χ4v) is 2.45. The predicted molar refractivity (Wildman–Crippen MR) is 83.4 cm³/mol. The minimum atomic E-state index is -2.62. The van der Waals surface area contributed by atoms with Crippen molar-refractivity contribution in [3.8, 4) is 11.5 Å². The summed E-state index contributed by atoms with van der Waals surface area (Å²) in [6.07, 6.45) is 2.59. The molecule has 0 aliphatic carbocycles. The van der Waals surface area contributed by atoms with Gasteiger partial charge in [-0.05, 0) is 19.2 Å². The number of alkyl halides is 2. The lowest BCUT2D eigenvalue weighted by Gasteiger charge is -2.14. The quantitative estimate of drug-likeness (QED) is 0.677. The van der Waals surface area contributed by atoms with Crippen molar-refractivity contribution in [2.45, 2.75) is 19.6 Å². The molecule has 0 unspecified atom stereocenters. The number of hydrogen-bond donors (Lipinski definition) is 0. The van der Waals surface area contributed by atoms with Gasteiger partial charge in [0.15, 0.2) is 0 Å². The maximum Gasteiger partial charge on any atom is 0.319 e. The van der Waals surface area contributed by atoms with Crippen LogP contribution in [0.25, 0.3) is 11.5 Å². The molecular weight excluding hydrogens is 340 g/mol. The second kappa shape index (κ2) is 7.06. The Balaban J connectivity index is 1.68. The summed E-state index contributed by atoms with van der Waals surface area (Å²) in [6.45, 7) is -2.10. The Morgan fingerprint density at radius 3 is 2.79 bits per heavy atom. The van der Waals surface area contributed by atoms with E-state index in [1.54, 1.807) is 24.1 Å². The van der Waals surface area contributed by atoms with Crippen molar-refractivity contribution < 1.29 is 13.2 Å². The Morgan fingerprint density at radius 2 is 2.04 bits per heavy atom. The summed E-state index contributed by atoms with van der Waals surface area (Å²) in [5.41, 5.74) is 0.647. The topological polar surface area (TPSA) is 60.0 Å². The fourth-order valence-electron chi connectivity index (χ4n) is 2.23. The lowest BCUT2D eigenvalue weighted by atomic mass is 10.2. The van der Waals surface area contributed by atoms with Gasteiger partial charge in [-0.15, -0.1) is 10.2 Å². The maximum absolute atomic E-state index is 12.8. The molecule has 0 fully saturated rings. The van der Waals surface area contributed by atoms with Crippen LogP contribution in [0.4, 0.5) is 8.78 Å². The number of aromatic nitrogens is 4. The summed E-state index contributed by atoms with van der Waals surface area (Å²) in [5, 5.41) is 8.46. The molecule has 6 nitrogen and oxygen atoms in total. The molecule has 0 bridgehead atoms. The van der Waals surface area contributed by atoms with Crippen molar-refractivity contribution in [1.82, 2.24) is 24.6 Å². The monoisotopic (exact) mass is 353 g/mol. The second-order valence-corrected chi connectivity index (χ2v) is 5.59. The van der Waals surface area contributed by atoms with Gasteiger partial charge in [0.05, 0.1) is 23.7 Å². The molecule has 126 valence electrons. The first-order chi connectivity index (χ1) is 11.5. The standard InChI is InChI=1S/C15H14ClF2N5O/c1-22(8-12-19-6-7-23(12)15(17)18)9-13-20-21-14(24-13)10-4-2-3-5-11(10)16/h2-7,15H,8-9H2,1H3. The Morgan fingerprint density at radius 1 is 1.25 bits per heavy atom.